The molecule has 5 nitrogen and oxygen atoms in total. The minimum absolute atomic E-state index is 0.0655. The summed E-state index contributed by atoms with van der Waals surface area (Å²) < 4.78 is 40.7. The molecule has 0 bridgehead atoms. The monoisotopic (exact) mass is 370 g/mol. The van der Waals surface area contributed by atoms with E-state index in [1.165, 1.54) is 22.9 Å². The maximum atomic E-state index is 13.1. The van der Waals surface area contributed by atoms with Crippen LogP contribution in [0.15, 0.2) is 65.5 Å². The van der Waals surface area contributed by atoms with Crippen molar-refractivity contribution < 1.29 is 18.0 Å². The number of hydrogen-bond donors (Lipinski definition) is 0. The summed E-state index contributed by atoms with van der Waals surface area (Å²) in [7, 11) is 0. The molecule has 0 aliphatic carbocycles. The van der Waals surface area contributed by atoms with E-state index in [1.54, 1.807) is 30.5 Å². The highest BCUT2D eigenvalue weighted by Gasteiger charge is 2.37. The van der Waals surface area contributed by atoms with Crippen LogP contribution >= 0.6 is 11.6 Å². The van der Waals surface area contributed by atoms with Gasteiger partial charge in [0, 0.05) is 12.4 Å². The van der Waals surface area contributed by atoms with E-state index in [0.29, 0.717) is 5.15 Å². The lowest BCUT2D eigenvalue weighted by molar-refractivity contribution is -0.0631. The largest absolute Gasteiger partial charge is 0.455 e. The number of alkyl halides is 3. The molecule has 0 spiro atoms. The molecule has 0 atom stereocenters. The van der Waals surface area contributed by atoms with E-state index >= 15 is 0 Å². The first-order valence-electron chi connectivity index (χ1n) is 7.09. The van der Waals surface area contributed by atoms with Crippen molar-refractivity contribution in [3.8, 4) is 0 Å². The van der Waals surface area contributed by atoms with Crippen LogP contribution in [0.25, 0.3) is 0 Å². The van der Waals surface area contributed by atoms with Crippen LogP contribution in [-0.4, -0.2) is 28.2 Å². The van der Waals surface area contributed by atoms with Crippen LogP contribution in [0, 0.1) is 0 Å². The standard InChI is InChI=1S/C16H14ClF3N4O/c1-2-9-25-23-15(16(18,19)20)22-14-5-3-4-8-24(14)11-12-6-7-13(17)21-10-12/h2-8,10H,1,9,11H2/b22-14?,23-15+. The predicted octanol–water partition coefficient (Wildman–Crippen LogP) is 3.56. The molecule has 9 heteroatoms. The number of pyridine rings is 2. The summed E-state index contributed by atoms with van der Waals surface area (Å²) in [6.07, 6.45) is -0.325. The second kappa shape index (κ2) is 8.48. The Kier molecular flexibility index (Phi) is 6.35. The smallest absolute Gasteiger partial charge is 0.390 e. The fourth-order valence-electron chi connectivity index (χ4n) is 1.79. The van der Waals surface area contributed by atoms with Gasteiger partial charge in [0.05, 0.1) is 6.54 Å². The van der Waals surface area contributed by atoms with E-state index in [-0.39, 0.29) is 18.6 Å². The van der Waals surface area contributed by atoms with E-state index in [9.17, 15) is 13.2 Å². The molecule has 0 N–H and O–H groups in total. The van der Waals surface area contributed by atoms with Gasteiger partial charge in [0.1, 0.15) is 17.2 Å². The fourth-order valence-corrected chi connectivity index (χ4v) is 1.91. The summed E-state index contributed by atoms with van der Waals surface area (Å²) in [5, 5.41) is 3.38. The minimum atomic E-state index is -4.75. The Morgan fingerprint density at radius 2 is 2.12 bits per heavy atom. The van der Waals surface area contributed by atoms with Crippen LogP contribution in [0.3, 0.4) is 0 Å². The van der Waals surface area contributed by atoms with Crippen molar-refractivity contribution in [3.63, 3.8) is 0 Å². The van der Waals surface area contributed by atoms with Gasteiger partial charge in [-0.05, 0) is 23.8 Å². The average molecular weight is 371 g/mol. The number of hydrogen-bond acceptors (Lipinski definition) is 3. The van der Waals surface area contributed by atoms with Gasteiger partial charge >= 0.3 is 6.18 Å². The van der Waals surface area contributed by atoms with Gasteiger partial charge in [0.15, 0.2) is 0 Å². The van der Waals surface area contributed by atoms with Crippen LogP contribution in [0.4, 0.5) is 13.2 Å². The van der Waals surface area contributed by atoms with E-state index in [4.69, 9.17) is 11.6 Å². The second-order valence-electron chi connectivity index (χ2n) is 4.78. The Morgan fingerprint density at radius 3 is 2.76 bits per heavy atom. The lowest BCUT2D eigenvalue weighted by Crippen LogP contribution is -2.28. The number of amidine groups is 1. The zero-order chi connectivity index (χ0) is 18.3. The maximum absolute atomic E-state index is 13.1. The molecule has 0 unspecified atom stereocenters. The molecule has 132 valence electrons. The molecule has 0 amide bonds. The Hall–Kier alpha value is -2.61. The van der Waals surface area contributed by atoms with Crippen molar-refractivity contribution in [3.05, 3.63) is 71.6 Å². The molecule has 0 saturated carbocycles. The lowest BCUT2D eigenvalue weighted by atomic mass is 10.3. The van der Waals surface area contributed by atoms with Crippen LogP contribution < -0.4 is 5.49 Å². The summed E-state index contributed by atoms with van der Waals surface area (Å²) in [6.45, 7) is 3.46. The topological polar surface area (TPSA) is 51.8 Å². The Morgan fingerprint density at radius 1 is 1.32 bits per heavy atom. The van der Waals surface area contributed by atoms with Gasteiger partial charge in [-0.3, -0.25) is 0 Å². The third kappa shape index (κ3) is 5.75. The minimum Gasteiger partial charge on any atom is -0.390 e. The first-order valence-corrected chi connectivity index (χ1v) is 7.46. The van der Waals surface area contributed by atoms with E-state index < -0.39 is 12.0 Å². The molecular weight excluding hydrogens is 357 g/mol. The van der Waals surface area contributed by atoms with Crippen LogP contribution in [0.5, 0.6) is 0 Å². The maximum Gasteiger partial charge on any atom is 0.455 e. The van der Waals surface area contributed by atoms with Crippen molar-refractivity contribution >= 4 is 17.4 Å². The summed E-state index contributed by atoms with van der Waals surface area (Å²) in [6, 6.07) is 8.03. The molecule has 2 aromatic heterocycles. The van der Waals surface area contributed by atoms with Crippen LogP contribution in [-0.2, 0) is 11.4 Å². The van der Waals surface area contributed by atoms with Gasteiger partial charge in [0.2, 0.25) is 0 Å². The third-order valence-electron chi connectivity index (χ3n) is 2.88. The molecule has 0 aliphatic heterocycles. The fraction of sp³-hybridized carbons (Fsp3) is 0.188. The third-order valence-corrected chi connectivity index (χ3v) is 3.10. The lowest BCUT2D eigenvalue weighted by Gasteiger charge is -2.09. The van der Waals surface area contributed by atoms with Crippen molar-refractivity contribution in [2.45, 2.75) is 12.7 Å². The van der Waals surface area contributed by atoms with Crippen LogP contribution in [0.1, 0.15) is 5.56 Å². The van der Waals surface area contributed by atoms with Crippen molar-refractivity contribution in [1.29, 1.82) is 0 Å². The van der Waals surface area contributed by atoms with E-state index in [1.807, 2.05) is 0 Å². The van der Waals surface area contributed by atoms with Crippen molar-refractivity contribution in [2.75, 3.05) is 6.61 Å². The first-order chi connectivity index (χ1) is 11.9. The molecule has 25 heavy (non-hydrogen) atoms. The zero-order valence-electron chi connectivity index (χ0n) is 12.9. The van der Waals surface area contributed by atoms with Gasteiger partial charge in [-0.25, -0.2) is 9.98 Å². The van der Waals surface area contributed by atoms with Gasteiger partial charge in [-0.15, -0.1) is 0 Å². The molecular formula is C16H14ClF3N4O. The Labute approximate surface area is 146 Å². The molecule has 0 saturated heterocycles. The van der Waals surface area contributed by atoms with Crippen molar-refractivity contribution in [1.82, 2.24) is 9.55 Å². The summed E-state index contributed by atoms with van der Waals surface area (Å²) >= 11 is 5.73. The quantitative estimate of drug-likeness (QED) is 0.202. The van der Waals surface area contributed by atoms with Gasteiger partial charge in [-0.1, -0.05) is 41.5 Å². The second-order valence-corrected chi connectivity index (χ2v) is 5.17. The molecule has 0 radical (unpaired) electrons. The first kappa shape index (κ1) is 18.7. The van der Waals surface area contributed by atoms with Crippen LogP contribution in [0.2, 0.25) is 5.15 Å². The Balaban J connectivity index is 2.39. The SMILES string of the molecule is C=CCO/N=C(/N=c1ccccn1Cc1ccc(Cl)nc1)C(F)(F)F. The average Bonchev–Trinajstić information content (AvgIpc) is 2.57. The number of rotatable bonds is 5. The van der Waals surface area contributed by atoms with Gasteiger partial charge < -0.3 is 9.40 Å². The summed E-state index contributed by atoms with van der Waals surface area (Å²) in [5.74, 6) is -1.39. The number of aromatic nitrogens is 2. The molecule has 0 aliphatic rings. The summed E-state index contributed by atoms with van der Waals surface area (Å²) in [5.41, 5.74) is 0.821. The van der Waals surface area contributed by atoms with E-state index in [0.717, 1.165) is 5.56 Å². The highest BCUT2D eigenvalue weighted by atomic mass is 35.5. The zero-order valence-corrected chi connectivity index (χ0v) is 13.7. The van der Waals surface area contributed by atoms with Gasteiger partial charge in [-0.2, -0.15) is 13.2 Å². The molecule has 2 aromatic rings. The molecule has 0 fully saturated rings. The molecule has 2 rings (SSSR count). The van der Waals surface area contributed by atoms with Gasteiger partial charge in [0.25, 0.3) is 5.84 Å². The highest BCUT2D eigenvalue weighted by molar-refractivity contribution is 6.29. The van der Waals surface area contributed by atoms with E-state index in [2.05, 4.69) is 26.5 Å². The molecule has 0 aromatic carbocycles. The predicted molar refractivity (Wildman–Crippen MR) is 88.0 cm³/mol. The van der Waals surface area contributed by atoms with Crippen molar-refractivity contribution in [2.24, 2.45) is 10.1 Å². The number of oxime groups is 1. The molecule has 2 heterocycles. The Bertz CT molecular complexity index is 813. The highest BCUT2D eigenvalue weighted by Crippen LogP contribution is 2.18. The number of nitrogens with zero attached hydrogens (tertiary/aromatic N) is 4. The number of halogens is 4. The normalized spacial score (nSPS) is 13.0. The summed E-state index contributed by atoms with van der Waals surface area (Å²) in [4.78, 5) is 12.1.